The van der Waals surface area contributed by atoms with Crippen molar-refractivity contribution in [3.05, 3.63) is 42.7 Å². The Hall–Kier alpha value is -1.72. The van der Waals surface area contributed by atoms with Crippen LogP contribution in [0.25, 0.3) is 0 Å². The lowest BCUT2D eigenvalue weighted by Crippen LogP contribution is -2.50. The summed E-state index contributed by atoms with van der Waals surface area (Å²) in [6, 6.07) is 3.97. The molecule has 2 aliphatic heterocycles. The molecule has 0 bridgehead atoms. The maximum absolute atomic E-state index is 12.4. The van der Waals surface area contributed by atoms with Crippen molar-refractivity contribution in [3.63, 3.8) is 0 Å². The van der Waals surface area contributed by atoms with Crippen molar-refractivity contribution in [1.82, 2.24) is 15.2 Å². The third-order valence-corrected chi connectivity index (χ3v) is 5.07. The van der Waals surface area contributed by atoms with Crippen molar-refractivity contribution >= 4 is 5.91 Å². The van der Waals surface area contributed by atoms with Crippen LogP contribution < -0.4 is 5.32 Å². The third-order valence-electron chi connectivity index (χ3n) is 5.07. The highest BCUT2D eigenvalue weighted by Gasteiger charge is 2.37. The number of carbonyl (C=O) groups is 1. The molecule has 0 radical (unpaired) electrons. The lowest BCUT2D eigenvalue weighted by Gasteiger charge is -2.42. The standard InChI is InChI=1S/C19H27N3O2/c1-2-10-22-11-6-18-16(13-22)12-17(14-24-18)19(23)21-9-5-15-3-7-20-8-4-15/h2-4,7-8,16-18H,1,5-6,9-14H2,(H,21,23)/t16-,17-,18+/m0/s1. The number of rotatable bonds is 6. The fraction of sp³-hybridized carbons (Fsp3) is 0.579. The first-order chi connectivity index (χ1) is 11.8. The van der Waals surface area contributed by atoms with Crippen LogP contribution in [0.5, 0.6) is 0 Å². The van der Waals surface area contributed by atoms with Gasteiger partial charge in [0, 0.05) is 38.6 Å². The second-order valence-corrected chi connectivity index (χ2v) is 6.80. The molecule has 1 aromatic heterocycles. The first-order valence-electron chi connectivity index (χ1n) is 8.87. The molecular formula is C19H27N3O2. The molecule has 0 aliphatic carbocycles. The molecule has 3 rings (SSSR count). The average molecular weight is 329 g/mol. The number of ether oxygens (including phenoxy) is 1. The van der Waals surface area contributed by atoms with Crippen molar-refractivity contribution < 1.29 is 9.53 Å². The quantitative estimate of drug-likeness (QED) is 0.807. The number of pyridine rings is 1. The van der Waals surface area contributed by atoms with Crippen LogP contribution in [-0.4, -0.2) is 54.7 Å². The van der Waals surface area contributed by atoms with Crippen LogP contribution in [0.2, 0.25) is 0 Å². The van der Waals surface area contributed by atoms with E-state index in [0.29, 0.717) is 25.2 Å². The molecule has 130 valence electrons. The smallest absolute Gasteiger partial charge is 0.225 e. The van der Waals surface area contributed by atoms with Gasteiger partial charge in [-0.2, -0.15) is 0 Å². The predicted octanol–water partition coefficient (Wildman–Crippen LogP) is 1.65. The van der Waals surface area contributed by atoms with Gasteiger partial charge >= 0.3 is 0 Å². The highest BCUT2D eigenvalue weighted by atomic mass is 16.5. The summed E-state index contributed by atoms with van der Waals surface area (Å²) in [4.78, 5) is 18.8. The van der Waals surface area contributed by atoms with Crippen LogP contribution in [-0.2, 0) is 16.0 Å². The number of aromatic nitrogens is 1. The molecule has 2 fully saturated rings. The summed E-state index contributed by atoms with van der Waals surface area (Å²) in [5.41, 5.74) is 1.19. The van der Waals surface area contributed by atoms with Gasteiger partial charge in [-0.15, -0.1) is 6.58 Å². The van der Waals surface area contributed by atoms with Crippen LogP contribution in [0.4, 0.5) is 0 Å². The first kappa shape index (κ1) is 17.1. The Labute approximate surface area is 144 Å². The summed E-state index contributed by atoms with van der Waals surface area (Å²) >= 11 is 0. The molecule has 1 aromatic rings. The van der Waals surface area contributed by atoms with Crippen molar-refractivity contribution in [3.8, 4) is 0 Å². The van der Waals surface area contributed by atoms with Crippen molar-refractivity contribution in [2.24, 2.45) is 11.8 Å². The fourth-order valence-corrected chi connectivity index (χ4v) is 3.76. The SMILES string of the molecule is C=CCN1CC[C@H]2OC[C@@H](C(=O)NCCc3ccncc3)C[C@H]2C1. The monoisotopic (exact) mass is 329 g/mol. The van der Waals surface area contributed by atoms with Gasteiger partial charge in [-0.25, -0.2) is 0 Å². The van der Waals surface area contributed by atoms with Gasteiger partial charge in [-0.3, -0.25) is 14.7 Å². The molecule has 0 saturated carbocycles. The second-order valence-electron chi connectivity index (χ2n) is 6.80. The molecule has 0 spiro atoms. The lowest BCUT2D eigenvalue weighted by molar-refractivity contribution is -0.138. The van der Waals surface area contributed by atoms with Crippen LogP contribution in [0.15, 0.2) is 37.2 Å². The second kappa shape index (κ2) is 8.40. The first-order valence-corrected chi connectivity index (χ1v) is 8.87. The van der Waals surface area contributed by atoms with Gasteiger partial charge in [0.15, 0.2) is 0 Å². The number of hydrogen-bond acceptors (Lipinski definition) is 4. The van der Waals surface area contributed by atoms with Crippen molar-refractivity contribution in [2.45, 2.75) is 25.4 Å². The fourth-order valence-electron chi connectivity index (χ4n) is 3.76. The van der Waals surface area contributed by atoms with Crippen LogP contribution in [0.3, 0.4) is 0 Å². The zero-order valence-corrected chi connectivity index (χ0v) is 14.2. The number of hydrogen-bond donors (Lipinski definition) is 1. The Balaban J connectivity index is 1.45. The van der Waals surface area contributed by atoms with E-state index in [4.69, 9.17) is 4.74 Å². The lowest BCUT2D eigenvalue weighted by atomic mass is 9.83. The maximum atomic E-state index is 12.4. The van der Waals surface area contributed by atoms with Gasteiger partial charge in [0.1, 0.15) is 0 Å². The summed E-state index contributed by atoms with van der Waals surface area (Å²) < 4.78 is 5.99. The van der Waals surface area contributed by atoms with Gasteiger partial charge in [-0.05, 0) is 42.9 Å². The molecule has 3 atom stereocenters. The number of amides is 1. The Bertz CT molecular complexity index is 549. The molecule has 24 heavy (non-hydrogen) atoms. The van der Waals surface area contributed by atoms with Gasteiger partial charge in [0.05, 0.1) is 18.6 Å². The summed E-state index contributed by atoms with van der Waals surface area (Å²) in [6.45, 7) is 8.04. The number of carbonyl (C=O) groups excluding carboxylic acids is 1. The highest BCUT2D eigenvalue weighted by Crippen LogP contribution is 2.31. The van der Waals surface area contributed by atoms with E-state index in [1.165, 1.54) is 5.56 Å². The van der Waals surface area contributed by atoms with Gasteiger partial charge in [-0.1, -0.05) is 6.08 Å². The summed E-state index contributed by atoms with van der Waals surface area (Å²) in [5, 5.41) is 3.06. The Kier molecular flexibility index (Phi) is 5.99. The van der Waals surface area contributed by atoms with Crippen molar-refractivity contribution in [2.75, 3.05) is 32.8 Å². The van der Waals surface area contributed by atoms with E-state index in [0.717, 1.165) is 38.9 Å². The zero-order valence-electron chi connectivity index (χ0n) is 14.2. The molecule has 1 amide bonds. The molecule has 5 nitrogen and oxygen atoms in total. The Morgan fingerprint density at radius 3 is 3.08 bits per heavy atom. The van der Waals surface area contributed by atoms with Gasteiger partial charge in [0.2, 0.25) is 5.91 Å². The highest BCUT2D eigenvalue weighted by molar-refractivity contribution is 5.78. The number of likely N-dealkylation sites (tertiary alicyclic amines) is 1. The van der Waals surface area contributed by atoms with Crippen molar-refractivity contribution in [1.29, 1.82) is 0 Å². The van der Waals surface area contributed by atoms with Crippen LogP contribution >= 0.6 is 0 Å². The number of nitrogens with zero attached hydrogens (tertiary/aromatic N) is 2. The van der Waals surface area contributed by atoms with Gasteiger partial charge in [0.25, 0.3) is 0 Å². The minimum absolute atomic E-state index is 0.0210. The average Bonchev–Trinajstić information content (AvgIpc) is 2.62. The molecule has 2 aliphatic rings. The number of nitrogens with one attached hydrogen (secondary N) is 1. The molecule has 0 unspecified atom stereocenters. The number of piperidine rings is 1. The van der Waals surface area contributed by atoms with Crippen LogP contribution in [0.1, 0.15) is 18.4 Å². The van der Waals surface area contributed by atoms with E-state index in [-0.39, 0.29) is 11.8 Å². The molecule has 0 aromatic carbocycles. The van der Waals surface area contributed by atoms with E-state index in [9.17, 15) is 4.79 Å². The molecule has 5 heteroatoms. The summed E-state index contributed by atoms with van der Waals surface area (Å²) in [6.07, 6.45) is 8.67. The Morgan fingerprint density at radius 1 is 1.46 bits per heavy atom. The van der Waals surface area contributed by atoms with Crippen LogP contribution in [0, 0.1) is 11.8 Å². The maximum Gasteiger partial charge on any atom is 0.225 e. The molecule has 3 heterocycles. The predicted molar refractivity (Wildman–Crippen MR) is 93.5 cm³/mol. The van der Waals surface area contributed by atoms with E-state index >= 15 is 0 Å². The van der Waals surface area contributed by atoms with Gasteiger partial charge < -0.3 is 10.1 Å². The summed E-state index contributed by atoms with van der Waals surface area (Å²) in [5.74, 6) is 0.569. The van der Waals surface area contributed by atoms with E-state index < -0.39 is 0 Å². The normalized spacial score (nSPS) is 27.2. The summed E-state index contributed by atoms with van der Waals surface area (Å²) in [7, 11) is 0. The van der Waals surface area contributed by atoms with E-state index in [1.54, 1.807) is 12.4 Å². The zero-order chi connectivity index (χ0) is 16.8. The number of fused-ring (bicyclic) bond motifs is 1. The minimum Gasteiger partial charge on any atom is -0.377 e. The molecule has 2 saturated heterocycles. The molecule has 1 N–H and O–H groups in total. The topological polar surface area (TPSA) is 54.5 Å². The Morgan fingerprint density at radius 2 is 2.29 bits per heavy atom. The van der Waals surface area contributed by atoms with E-state index in [1.807, 2.05) is 18.2 Å². The third kappa shape index (κ3) is 4.42. The van der Waals surface area contributed by atoms with E-state index in [2.05, 4.69) is 21.8 Å². The minimum atomic E-state index is -0.0210. The molecular weight excluding hydrogens is 302 g/mol. The largest absolute Gasteiger partial charge is 0.377 e.